The Morgan fingerprint density at radius 2 is 1.75 bits per heavy atom. The molecular weight excluding hydrogens is 273 g/mol. The predicted molar refractivity (Wildman–Crippen MR) is 83.7 cm³/mol. The van der Waals surface area contributed by atoms with Gasteiger partial charge in [0.15, 0.2) is 0 Å². The first kappa shape index (κ1) is 14.9. The summed E-state index contributed by atoms with van der Waals surface area (Å²) >= 11 is 5.96. The second-order valence-electron chi connectivity index (χ2n) is 5.09. The summed E-state index contributed by atoms with van der Waals surface area (Å²) in [6.45, 7) is 4.80. The number of benzene rings is 2. The molecule has 0 aromatic heterocycles. The van der Waals surface area contributed by atoms with Gasteiger partial charge in [0.25, 0.3) is 0 Å². The summed E-state index contributed by atoms with van der Waals surface area (Å²) in [4.78, 5) is 2.06. The number of hydrogen-bond donors (Lipinski definition) is 0. The Balaban J connectivity index is 2.39. The van der Waals surface area contributed by atoms with E-state index in [1.165, 1.54) is 6.07 Å². The van der Waals surface area contributed by atoms with Crippen LogP contribution in [0, 0.1) is 5.82 Å². The quantitative estimate of drug-likeness (QED) is 0.702. The lowest BCUT2D eigenvalue weighted by Crippen LogP contribution is -2.31. The highest BCUT2D eigenvalue weighted by atomic mass is 35.5. The highest BCUT2D eigenvalue weighted by molar-refractivity contribution is 6.17. The zero-order chi connectivity index (χ0) is 14.5. The van der Waals surface area contributed by atoms with Gasteiger partial charge >= 0.3 is 0 Å². The van der Waals surface area contributed by atoms with Crippen LogP contribution in [0.5, 0.6) is 0 Å². The molecule has 2 aromatic rings. The maximum Gasteiger partial charge on any atom is 0.146 e. The van der Waals surface area contributed by atoms with Gasteiger partial charge in [-0.3, -0.25) is 0 Å². The minimum Gasteiger partial charge on any atom is -0.362 e. The fraction of sp³-hybridized carbons (Fsp3) is 0.294. The molecular formula is C17H19ClFN. The molecule has 0 aliphatic heterocycles. The topological polar surface area (TPSA) is 3.24 Å². The lowest BCUT2D eigenvalue weighted by molar-refractivity contribution is 0.596. The summed E-state index contributed by atoms with van der Waals surface area (Å²) in [5.41, 5.74) is 2.60. The van der Waals surface area contributed by atoms with E-state index in [4.69, 9.17) is 11.6 Å². The molecule has 0 aliphatic carbocycles. The summed E-state index contributed by atoms with van der Waals surface area (Å²) in [6, 6.07) is 15.3. The van der Waals surface area contributed by atoms with E-state index in [9.17, 15) is 4.39 Å². The molecule has 0 bridgehead atoms. The van der Waals surface area contributed by atoms with Crippen molar-refractivity contribution in [3.05, 3.63) is 65.5 Å². The van der Waals surface area contributed by atoms with Crippen LogP contribution in [0.2, 0.25) is 0 Å². The molecule has 2 rings (SSSR count). The number of halogens is 2. The van der Waals surface area contributed by atoms with Crippen LogP contribution in [0.4, 0.5) is 10.1 Å². The van der Waals surface area contributed by atoms with Gasteiger partial charge in [0, 0.05) is 18.5 Å². The molecule has 0 fully saturated rings. The third-order valence-corrected chi connectivity index (χ3v) is 3.61. The number of para-hydroxylation sites is 1. The smallest absolute Gasteiger partial charge is 0.146 e. The van der Waals surface area contributed by atoms with Gasteiger partial charge in [0.1, 0.15) is 5.82 Å². The molecule has 0 heterocycles. The zero-order valence-electron chi connectivity index (χ0n) is 11.8. The van der Waals surface area contributed by atoms with Crippen LogP contribution in [-0.4, -0.2) is 6.04 Å². The molecule has 0 saturated heterocycles. The predicted octanol–water partition coefficient (Wildman–Crippen LogP) is 4.98. The largest absolute Gasteiger partial charge is 0.362 e. The van der Waals surface area contributed by atoms with E-state index in [0.717, 1.165) is 11.1 Å². The number of alkyl halides is 1. The molecule has 0 N–H and O–H groups in total. The van der Waals surface area contributed by atoms with E-state index in [2.05, 4.69) is 30.9 Å². The minimum absolute atomic E-state index is 0.189. The Hall–Kier alpha value is -1.54. The van der Waals surface area contributed by atoms with Crippen LogP contribution in [0.15, 0.2) is 48.5 Å². The van der Waals surface area contributed by atoms with Crippen molar-refractivity contribution in [1.82, 2.24) is 0 Å². The van der Waals surface area contributed by atoms with Gasteiger partial charge in [-0.25, -0.2) is 4.39 Å². The fourth-order valence-electron chi connectivity index (χ4n) is 2.29. The SMILES string of the molecule is CC(C)N(Cc1ccccc1)c1c(F)cccc1CCl. The number of nitrogens with zero attached hydrogens (tertiary/aromatic N) is 1. The first-order chi connectivity index (χ1) is 9.63. The van der Waals surface area contributed by atoms with Crippen LogP contribution in [0.1, 0.15) is 25.0 Å². The van der Waals surface area contributed by atoms with Crippen LogP contribution in [0.3, 0.4) is 0 Å². The molecule has 0 saturated carbocycles. The van der Waals surface area contributed by atoms with E-state index in [1.54, 1.807) is 6.07 Å². The van der Waals surface area contributed by atoms with Crippen molar-refractivity contribution in [2.24, 2.45) is 0 Å². The average Bonchev–Trinajstić information content (AvgIpc) is 2.46. The molecule has 0 amide bonds. The first-order valence-corrected chi connectivity index (χ1v) is 7.31. The van der Waals surface area contributed by atoms with Gasteiger partial charge in [-0.2, -0.15) is 0 Å². The minimum atomic E-state index is -0.215. The highest BCUT2D eigenvalue weighted by Crippen LogP contribution is 2.29. The average molecular weight is 292 g/mol. The third kappa shape index (κ3) is 3.31. The molecule has 0 spiro atoms. The summed E-state index contributed by atoms with van der Waals surface area (Å²) in [7, 11) is 0. The Bertz CT molecular complexity index is 554. The van der Waals surface area contributed by atoms with Crippen molar-refractivity contribution in [3.63, 3.8) is 0 Å². The van der Waals surface area contributed by atoms with Crippen molar-refractivity contribution in [3.8, 4) is 0 Å². The fourth-order valence-corrected chi connectivity index (χ4v) is 2.51. The second kappa shape index (κ2) is 6.76. The standard InChI is InChI=1S/C17H19ClFN/c1-13(2)20(12-14-7-4-3-5-8-14)17-15(11-18)9-6-10-16(17)19/h3-10,13H,11-12H2,1-2H3. The van der Waals surface area contributed by atoms with Gasteiger partial charge in [0.2, 0.25) is 0 Å². The van der Waals surface area contributed by atoms with Crippen molar-refractivity contribution in [2.45, 2.75) is 32.3 Å². The maximum absolute atomic E-state index is 14.2. The lowest BCUT2D eigenvalue weighted by atomic mass is 10.1. The number of rotatable bonds is 5. The molecule has 0 unspecified atom stereocenters. The molecule has 20 heavy (non-hydrogen) atoms. The van der Waals surface area contributed by atoms with Crippen molar-refractivity contribution < 1.29 is 4.39 Å². The van der Waals surface area contributed by atoms with Crippen molar-refractivity contribution in [2.75, 3.05) is 4.90 Å². The van der Waals surface area contributed by atoms with E-state index in [0.29, 0.717) is 18.1 Å². The van der Waals surface area contributed by atoms with Crippen LogP contribution < -0.4 is 4.90 Å². The van der Waals surface area contributed by atoms with Gasteiger partial charge in [-0.05, 0) is 31.0 Å². The Labute approximate surface area is 125 Å². The molecule has 3 heteroatoms. The van der Waals surface area contributed by atoms with Crippen LogP contribution in [0.25, 0.3) is 0 Å². The normalized spacial score (nSPS) is 10.8. The number of hydrogen-bond acceptors (Lipinski definition) is 1. The van der Waals surface area contributed by atoms with Crippen molar-refractivity contribution >= 4 is 17.3 Å². The van der Waals surface area contributed by atoms with Gasteiger partial charge in [-0.15, -0.1) is 11.6 Å². The van der Waals surface area contributed by atoms with Crippen LogP contribution in [-0.2, 0) is 12.4 Å². The molecule has 1 nitrogen and oxygen atoms in total. The summed E-state index contributed by atoms with van der Waals surface area (Å²) in [5.74, 6) is 0.0956. The van der Waals surface area contributed by atoms with E-state index in [1.807, 2.05) is 24.3 Å². The Morgan fingerprint density at radius 3 is 2.35 bits per heavy atom. The number of anilines is 1. The Kier molecular flexibility index (Phi) is 5.02. The van der Waals surface area contributed by atoms with Gasteiger partial charge in [-0.1, -0.05) is 42.5 Å². The molecule has 0 radical (unpaired) electrons. The van der Waals surface area contributed by atoms with Gasteiger partial charge in [0.05, 0.1) is 5.69 Å². The molecule has 0 atom stereocenters. The Morgan fingerprint density at radius 1 is 1.05 bits per heavy atom. The zero-order valence-corrected chi connectivity index (χ0v) is 12.6. The first-order valence-electron chi connectivity index (χ1n) is 6.77. The van der Waals surface area contributed by atoms with E-state index in [-0.39, 0.29) is 11.9 Å². The summed E-state index contributed by atoms with van der Waals surface area (Å²) in [5, 5.41) is 0. The maximum atomic E-state index is 14.2. The summed E-state index contributed by atoms with van der Waals surface area (Å²) in [6.07, 6.45) is 0. The van der Waals surface area contributed by atoms with Crippen molar-refractivity contribution in [1.29, 1.82) is 0 Å². The summed E-state index contributed by atoms with van der Waals surface area (Å²) < 4.78 is 14.2. The molecule has 2 aromatic carbocycles. The molecule has 0 aliphatic rings. The van der Waals surface area contributed by atoms with E-state index < -0.39 is 0 Å². The third-order valence-electron chi connectivity index (χ3n) is 3.32. The van der Waals surface area contributed by atoms with E-state index >= 15 is 0 Å². The monoisotopic (exact) mass is 291 g/mol. The van der Waals surface area contributed by atoms with Gasteiger partial charge < -0.3 is 4.90 Å². The lowest BCUT2D eigenvalue weighted by Gasteiger charge is -2.31. The molecule has 106 valence electrons. The highest BCUT2D eigenvalue weighted by Gasteiger charge is 2.18. The van der Waals surface area contributed by atoms with Crippen LogP contribution >= 0.6 is 11.6 Å². The second-order valence-corrected chi connectivity index (χ2v) is 5.36.